The second kappa shape index (κ2) is 6.07. The second-order valence-corrected chi connectivity index (χ2v) is 9.56. The maximum atomic E-state index is 13.1. The van der Waals surface area contributed by atoms with Crippen LogP contribution in [-0.4, -0.2) is 29.9 Å². The normalized spacial score (nSPS) is 35.7. The van der Waals surface area contributed by atoms with Crippen LogP contribution in [0.1, 0.15) is 79.6 Å². The molecule has 26 heavy (non-hydrogen) atoms. The molecule has 3 fully saturated rings. The Bertz CT molecular complexity index is 632. The predicted molar refractivity (Wildman–Crippen MR) is 96.3 cm³/mol. The molecule has 2 aliphatic carbocycles. The fourth-order valence-corrected chi connectivity index (χ4v) is 5.28. The molecule has 3 atom stereocenters. The van der Waals surface area contributed by atoms with Crippen LogP contribution in [0.4, 0.5) is 0 Å². The molecule has 1 aliphatic heterocycles. The zero-order valence-electron chi connectivity index (χ0n) is 16.8. The van der Waals surface area contributed by atoms with Crippen LogP contribution in [0.5, 0.6) is 0 Å². The maximum Gasteiger partial charge on any atom is 0.351 e. The van der Waals surface area contributed by atoms with E-state index in [1.165, 1.54) is 6.42 Å². The van der Waals surface area contributed by atoms with Gasteiger partial charge in [0.1, 0.15) is 12.4 Å². The summed E-state index contributed by atoms with van der Waals surface area (Å²) in [7, 11) is 0. The Labute approximate surface area is 156 Å². The molecule has 2 bridgehead atoms. The van der Waals surface area contributed by atoms with Gasteiger partial charge in [0, 0.05) is 5.41 Å². The van der Waals surface area contributed by atoms with E-state index in [1.54, 1.807) is 6.92 Å². The summed E-state index contributed by atoms with van der Waals surface area (Å²) in [5, 5.41) is 0. The van der Waals surface area contributed by atoms with Gasteiger partial charge in [-0.25, -0.2) is 4.79 Å². The highest BCUT2D eigenvalue weighted by Gasteiger charge is 2.76. The molecule has 0 N–H and O–H groups in total. The maximum absolute atomic E-state index is 13.1. The average Bonchev–Trinajstić information content (AvgIpc) is 2.90. The number of fused-ring (bicyclic) bond motifs is 2. The third-order valence-electron chi connectivity index (χ3n) is 8.23. The van der Waals surface area contributed by atoms with Gasteiger partial charge < -0.3 is 9.47 Å². The summed E-state index contributed by atoms with van der Waals surface area (Å²) in [4.78, 5) is 37.8. The van der Waals surface area contributed by atoms with Crippen molar-refractivity contribution >= 4 is 17.7 Å². The summed E-state index contributed by atoms with van der Waals surface area (Å²) in [5.74, 6) is -0.492. The van der Waals surface area contributed by atoms with Crippen molar-refractivity contribution in [1.29, 1.82) is 0 Å². The first-order valence-electron chi connectivity index (χ1n) is 9.93. The molecule has 1 unspecified atom stereocenters. The van der Waals surface area contributed by atoms with Gasteiger partial charge in [0.2, 0.25) is 5.60 Å². The van der Waals surface area contributed by atoms with E-state index in [-0.39, 0.29) is 24.3 Å². The van der Waals surface area contributed by atoms with Crippen molar-refractivity contribution in [3.8, 4) is 0 Å². The standard InChI is InChI=1S/C21H32O5/c1-14(22)19(4,15-9-7-6-8-10-15)13-25-17(24)21-12-11-20(5,16(23)26-21)18(21,2)3/h15H,6-13H2,1-5H3/t19?,20-,21-/m1/s1. The SMILES string of the molecule is CC(=O)C(C)(COC(=O)[C@@]12CC[C@](C)(C(=O)O1)C2(C)C)C1CCCCC1. The zero-order valence-corrected chi connectivity index (χ0v) is 16.8. The second-order valence-electron chi connectivity index (χ2n) is 9.56. The van der Waals surface area contributed by atoms with E-state index in [1.807, 2.05) is 27.7 Å². The molecule has 0 aromatic heterocycles. The summed E-state index contributed by atoms with van der Waals surface area (Å²) in [5.41, 5.74) is -3.16. The Morgan fingerprint density at radius 2 is 1.77 bits per heavy atom. The topological polar surface area (TPSA) is 69.7 Å². The lowest BCUT2D eigenvalue weighted by atomic mass is 9.66. The Morgan fingerprint density at radius 3 is 2.23 bits per heavy atom. The van der Waals surface area contributed by atoms with Gasteiger partial charge in [0.25, 0.3) is 0 Å². The van der Waals surface area contributed by atoms with Crippen LogP contribution in [0.25, 0.3) is 0 Å². The van der Waals surface area contributed by atoms with Crippen molar-refractivity contribution in [3.63, 3.8) is 0 Å². The molecule has 0 aromatic carbocycles. The molecule has 0 spiro atoms. The fourth-order valence-electron chi connectivity index (χ4n) is 5.28. The number of carbonyl (C=O) groups is 3. The monoisotopic (exact) mass is 364 g/mol. The fraction of sp³-hybridized carbons (Fsp3) is 0.857. The van der Waals surface area contributed by atoms with Crippen LogP contribution >= 0.6 is 0 Å². The molecule has 0 amide bonds. The van der Waals surface area contributed by atoms with Gasteiger partial charge in [-0.2, -0.15) is 0 Å². The molecule has 3 aliphatic rings. The summed E-state index contributed by atoms with van der Waals surface area (Å²) < 4.78 is 11.3. The Balaban J connectivity index is 1.77. The number of rotatable bonds is 5. The third kappa shape index (κ3) is 2.38. The summed E-state index contributed by atoms with van der Waals surface area (Å²) in [6, 6.07) is 0. The van der Waals surface area contributed by atoms with E-state index >= 15 is 0 Å². The number of ether oxygens (including phenoxy) is 2. The minimum Gasteiger partial charge on any atom is -0.462 e. The predicted octanol–water partition coefficient (Wildman–Crippen LogP) is 3.83. The number of esters is 2. The van der Waals surface area contributed by atoms with Crippen molar-refractivity contribution in [2.45, 2.75) is 85.2 Å². The van der Waals surface area contributed by atoms with Gasteiger partial charge in [-0.05, 0) is 52.4 Å². The van der Waals surface area contributed by atoms with Gasteiger partial charge in [-0.1, -0.05) is 33.1 Å². The van der Waals surface area contributed by atoms with Crippen molar-refractivity contribution in [3.05, 3.63) is 0 Å². The van der Waals surface area contributed by atoms with Crippen LogP contribution in [0.3, 0.4) is 0 Å². The highest BCUT2D eigenvalue weighted by atomic mass is 16.6. The average molecular weight is 364 g/mol. The lowest BCUT2D eigenvalue weighted by Crippen LogP contribution is -2.50. The van der Waals surface area contributed by atoms with E-state index in [9.17, 15) is 14.4 Å². The third-order valence-corrected chi connectivity index (χ3v) is 8.23. The number of carbonyl (C=O) groups excluding carboxylic acids is 3. The first-order chi connectivity index (χ1) is 12.0. The van der Waals surface area contributed by atoms with Crippen LogP contribution in [0.15, 0.2) is 0 Å². The lowest BCUT2D eigenvalue weighted by Gasteiger charge is -2.39. The van der Waals surface area contributed by atoms with Crippen LogP contribution in [0, 0.1) is 22.2 Å². The number of hydrogen-bond donors (Lipinski definition) is 0. The molecular weight excluding hydrogens is 332 g/mol. The van der Waals surface area contributed by atoms with Crippen molar-refractivity contribution in [2.24, 2.45) is 22.2 Å². The van der Waals surface area contributed by atoms with Gasteiger partial charge in [-0.3, -0.25) is 9.59 Å². The molecule has 5 heteroatoms. The highest BCUT2D eigenvalue weighted by Crippen LogP contribution is 2.65. The van der Waals surface area contributed by atoms with Crippen LogP contribution in [0.2, 0.25) is 0 Å². The van der Waals surface area contributed by atoms with Crippen molar-refractivity contribution < 1.29 is 23.9 Å². The van der Waals surface area contributed by atoms with E-state index in [4.69, 9.17) is 9.47 Å². The minimum absolute atomic E-state index is 0.0636. The molecule has 2 saturated carbocycles. The van der Waals surface area contributed by atoms with Crippen molar-refractivity contribution in [1.82, 2.24) is 0 Å². The minimum atomic E-state index is -1.22. The molecular formula is C21H32O5. The highest BCUT2D eigenvalue weighted by molar-refractivity contribution is 5.94. The van der Waals surface area contributed by atoms with Gasteiger partial charge in [0.15, 0.2) is 0 Å². The van der Waals surface area contributed by atoms with Crippen LogP contribution < -0.4 is 0 Å². The number of Topliss-reactive ketones (excluding diaryl/α,β-unsaturated/α-hetero) is 1. The lowest BCUT2D eigenvalue weighted by molar-refractivity contribution is -0.186. The largest absolute Gasteiger partial charge is 0.462 e. The quantitative estimate of drug-likeness (QED) is 0.694. The molecule has 1 heterocycles. The van der Waals surface area contributed by atoms with E-state index in [0.717, 1.165) is 25.7 Å². The first-order valence-corrected chi connectivity index (χ1v) is 9.93. The van der Waals surface area contributed by atoms with E-state index in [0.29, 0.717) is 12.8 Å². The Hall–Kier alpha value is -1.39. The smallest absolute Gasteiger partial charge is 0.351 e. The van der Waals surface area contributed by atoms with E-state index in [2.05, 4.69) is 0 Å². The number of ketones is 1. The molecule has 5 nitrogen and oxygen atoms in total. The molecule has 0 aromatic rings. The summed E-state index contributed by atoms with van der Waals surface area (Å²) in [6.07, 6.45) is 6.55. The van der Waals surface area contributed by atoms with Gasteiger partial charge in [0.05, 0.1) is 10.8 Å². The Morgan fingerprint density at radius 1 is 1.15 bits per heavy atom. The van der Waals surface area contributed by atoms with Gasteiger partial charge >= 0.3 is 11.9 Å². The van der Waals surface area contributed by atoms with Crippen molar-refractivity contribution in [2.75, 3.05) is 6.61 Å². The van der Waals surface area contributed by atoms with Crippen LogP contribution in [-0.2, 0) is 23.9 Å². The molecule has 1 saturated heterocycles. The first kappa shape index (κ1) is 19.4. The number of hydrogen-bond acceptors (Lipinski definition) is 5. The molecule has 3 rings (SSSR count). The van der Waals surface area contributed by atoms with Gasteiger partial charge in [-0.15, -0.1) is 0 Å². The Kier molecular flexibility index (Phi) is 4.52. The summed E-state index contributed by atoms with van der Waals surface area (Å²) >= 11 is 0. The van der Waals surface area contributed by atoms with E-state index < -0.39 is 27.8 Å². The molecule has 0 radical (unpaired) electrons. The molecule has 146 valence electrons. The summed E-state index contributed by atoms with van der Waals surface area (Å²) in [6.45, 7) is 9.28. The zero-order chi connectivity index (χ0) is 19.4.